The van der Waals surface area contributed by atoms with Gasteiger partial charge in [0.1, 0.15) is 5.82 Å². The number of amides is 1. The summed E-state index contributed by atoms with van der Waals surface area (Å²) in [4.78, 5) is 11.5. The van der Waals surface area contributed by atoms with Gasteiger partial charge in [-0.2, -0.15) is 0 Å². The molecule has 0 radical (unpaired) electrons. The summed E-state index contributed by atoms with van der Waals surface area (Å²) in [6, 6.07) is 6.47. The second kappa shape index (κ2) is 6.89. The quantitative estimate of drug-likeness (QED) is 0.799. The number of halogens is 1. The lowest BCUT2D eigenvalue weighted by atomic mass is 10.2. The van der Waals surface area contributed by atoms with Crippen LogP contribution in [-0.4, -0.2) is 18.5 Å². The molecule has 0 aromatic heterocycles. The normalized spacial score (nSPS) is 11.9. The Bertz CT molecular complexity index is 368. The van der Waals surface area contributed by atoms with Crippen molar-refractivity contribution in [2.24, 2.45) is 0 Å². The van der Waals surface area contributed by atoms with E-state index < -0.39 is 0 Å². The molecule has 1 unspecified atom stereocenters. The SMILES string of the molecule is CCCC(C)NC(=O)CNc1ccccc1F. The molecule has 1 aromatic rings. The summed E-state index contributed by atoms with van der Waals surface area (Å²) in [5, 5.41) is 5.62. The molecule has 1 rings (SSSR count). The largest absolute Gasteiger partial charge is 0.374 e. The van der Waals surface area contributed by atoms with Crippen LogP contribution < -0.4 is 10.6 Å². The van der Waals surface area contributed by atoms with Gasteiger partial charge >= 0.3 is 0 Å². The Hall–Kier alpha value is -1.58. The molecule has 4 heteroatoms. The van der Waals surface area contributed by atoms with Crippen molar-refractivity contribution in [1.82, 2.24) is 5.32 Å². The van der Waals surface area contributed by atoms with Gasteiger partial charge in [-0.05, 0) is 25.5 Å². The van der Waals surface area contributed by atoms with Crippen LogP contribution in [-0.2, 0) is 4.79 Å². The maximum atomic E-state index is 13.2. The fraction of sp³-hybridized carbons (Fsp3) is 0.462. The third kappa shape index (κ3) is 4.85. The molecule has 0 spiro atoms. The van der Waals surface area contributed by atoms with Gasteiger partial charge in [0.05, 0.1) is 12.2 Å². The van der Waals surface area contributed by atoms with Gasteiger partial charge in [-0.3, -0.25) is 4.79 Å². The first kappa shape index (κ1) is 13.5. The molecule has 0 saturated heterocycles. The van der Waals surface area contributed by atoms with Crippen LogP contribution in [0.4, 0.5) is 10.1 Å². The fourth-order valence-electron chi connectivity index (χ4n) is 1.61. The Kier molecular flexibility index (Phi) is 5.46. The first-order valence-corrected chi connectivity index (χ1v) is 5.91. The lowest BCUT2D eigenvalue weighted by Gasteiger charge is -2.13. The Morgan fingerprint density at radius 2 is 2.12 bits per heavy atom. The first-order valence-electron chi connectivity index (χ1n) is 5.91. The smallest absolute Gasteiger partial charge is 0.239 e. The van der Waals surface area contributed by atoms with E-state index in [0.717, 1.165) is 12.8 Å². The topological polar surface area (TPSA) is 41.1 Å². The van der Waals surface area contributed by atoms with E-state index >= 15 is 0 Å². The van der Waals surface area contributed by atoms with Crippen molar-refractivity contribution in [3.8, 4) is 0 Å². The van der Waals surface area contributed by atoms with Gasteiger partial charge in [0.15, 0.2) is 0 Å². The summed E-state index contributed by atoms with van der Waals surface area (Å²) in [5.74, 6) is -0.462. The highest BCUT2D eigenvalue weighted by Gasteiger charge is 2.07. The van der Waals surface area contributed by atoms with E-state index in [-0.39, 0.29) is 24.3 Å². The molecule has 0 heterocycles. The molecular formula is C13H19FN2O. The Balaban J connectivity index is 2.36. The lowest BCUT2D eigenvalue weighted by molar-refractivity contribution is -0.120. The Labute approximate surface area is 101 Å². The summed E-state index contributed by atoms with van der Waals surface area (Å²) >= 11 is 0. The number of nitrogens with one attached hydrogen (secondary N) is 2. The molecule has 0 aliphatic carbocycles. The van der Waals surface area contributed by atoms with Gasteiger partial charge < -0.3 is 10.6 Å². The molecule has 0 fully saturated rings. The van der Waals surface area contributed by atoms with Crippen molar-refractivity contribution in [1.29, 1.82) is 0 Å². The average Bonchev–Trinajstić information content (AvgIpc) is 2.28. The highest BCUT2D eigenvalue weighted by Crippen LogP contribution is 2.11. The number of para-hydroxylation sites is 1. The maximum Gasteiger partial charge on any atom is 0.239 e. The second-order valence-electron chi connectivity index (χ2n) is 4.09. The zero-order chi connectivity index (χ0) is 12.7. The predicted molar refractivity (Wildman–Crippen MR) is 67.4 cm³/mol. The number of rotatable bonds is 6. The van der Waals surface area contributed by atoms with Crippen LogP contribution in [0, 0.1) is 5.82 Å². The van der Waals surface area contributed by atoms with Crippen molar-refractivity contribution in [3.63, 3.8) is 0 Å². The molecule has 94 valence electrons. The first-order chi connectivity index (χ1) is 8.13. The molecule has 3 nitrogen and oxygen atoms in total. The summed E-state index contributed by atoms with van der Waals surface area (Å²) in [6.07, 6.45) is 1.98. The van der Waals surface area contributed by atoms with Crippen LogP contribution in [0.1, 0.15) is 26.7 Å². The molecule has 0 aliphatic heterocycles. The number of benzene rings is 1. The van der Waals surface area contributed by atoms with Gasteiger partial charge in [-0.25, -0.2) is 4.39 Å². The summed E-state index contributed by atoms with van der Waals surface area (Å²) in [5.41, 5.74) is 0.353. The molecule has 0 aliphatic rings. The lowest BCUT2D eigenvalue weighted by Crippen LogP contribution is -2.36. The van der Waals surface area contributed by atoms with Crippen molar-refractivity contribution >= 4 is 11.6 Å². The number of hydrogen-bond donors (Lipinski definition) is 2. The standard InChI is InChI=1S/C13H19FN2O/c1-3-6-10(2)16-13(17)9-15-12-8-5-4-7-11(12)14/h4-5,7-8,10,15H,3,6,9H2,1-2H3,(H,16,17). The van der Waals surface area contributed by atoms with Gasteiger partial charge in [-0.1, -0.05) is 25.5 Å². The minimum absolute atomic E-state index is 0.0922. The molecule has 2 N–H and O–H groups in total. The molecule has 1 atom stereocenters. The number of carbonyl (C=O) groups is 1. The minimum atomic E-state index is -0.345. The van der Waals surface area contributed by atoms with E-state index in [2.05, 4.69) is 17.6 Å². The van der Waals surface area contributed by atoms with Gasteiger partial charge in [0, 0.05) is 6.04 Å². The average molecular weight is 238 g/mol. The van der Waals surface area contributed by atoms with Gasteiger partial charge in [0.2, 0.25) is 5.91 Å². The molecule has 0 saturated carbocycles. The zero-order valence-corrected chi connectivity index (χ0v) is 10.3. The van der Waals surface area contributed by atoms with Crippen LogP contribution in [0.15, 0.2) is 24.3 Å². The highest BCUT2D eigenvalue weighted by atomic mass is 19.1. The summed E-state index contributed by atoms with van der Waals surface area (Å²) in [7, 11) is 0. The number of anilines is 1. The van der Waals surface area contributed by atoms with Crippen molar-refractivity contribution in [3.05, 3.63) is 30.1 Å². The van der Waals surface area contributed by atoms with E-state index in [4.69, 9.17) is 0 Å². The number of carbonyl (C=O) groups excluding carboxylic acids is 1. The predicted octanol–water partition coefficient (Wildman–Crippen LogP) is 2.54. The van der Waals surface area contributed by atoms with E-state index in [0.29, 0.717) is 5.69 Å². The van der Waals surface area contributed by atoms with Crippen LogP contribution in [0.2, 0.25) is 0 Å². The Morgan fingerprint density at radius 3 is 2.76 bits per heavy atom. The van der Waals surface area contributed by atoms with Gasteiger partial charge in [-0.15, -0.1) is 0 Å². The molecule has 17 heavy (non-hydrogen) atoms. The van der Waals surface area contributed by atoms with E-state index in [1.54, 1.807) is 18.2 Å². The summed E-state index contributed by atoms with van der Waals surface area (Å²) < 4.78 is 13.2. The van der Waals surface area contributed by atoms with Gasteiger partial charge in [0.25, 0.3) is 0 Å². The third-order valence-electron chi connectivity index (χ3n) is 2.44. The monoisotopic (exact) mass is 238 g/mol. The summed E-state index contributed by atoms with van der Waals surface area (Å²) in [6.45, 7) is 4.12. The minimum Gasteiger partial charge on any atom is -0.374 e. The third-order valence-corrected chi connectivity index (χ3v) is 2.44. The van der Waals surface area contributed by atoms with Crippen LogP contribution in [0.25, 0.3) is 0 Å². The van der Waals surface area contributed by atoms with Crippen molar-refractivity contribution in [2.75, 3.05) is 11.9 Å². The molecule has 0 bridgehead atoms. The highest BCUT2D eigenvalue weighted by molar-refractivity contribution is 5.80. The zero-order valence-electron chi connectivity index (χ0n) is 10.3. The molecule has 1 aromatic carbocycles. The number of hydrogen-bond acceptors (Lipinski definition) is 2. The fourth-order valence-corrected chi connectivity index (χ4v) is 1.61. The molecule has 1 amide bonds. The maximum absolute atomic E-state index is 13.2. The van der Waals surface area contributed by atoms with E-state index in [1.165, 1.54) is 6.07 Å². The van der Waals surface area contributed by atoms with Crippen LogP contribution >= 0.6 is 0 Å². The van der Waals surface area contributed by atoms with Crippen LogP contribution in [0.5, 0.6) is 0 Å². The van der Waals surface area contributed by atoms with Crippen LogP contribution in [0.3, 0.4) is 0 Å². The van der Waals surface area contributed by atoms with E-state index in [9.17, 15) is 9.18 Å². The van der Waals surface area contributed by atoms with E-state index in [1.807, 2.05) is 6.92 Å². The molecular weight excluding hydrogens is 219 g/mol. The second-order valence-corrected chi connectivity index (χ2v) is 4.09. The van der Waals surface area contributed by atoms with Crippen molar-refractivity contribution < 1.29 is 9.18 Å². The Morgan fingerprint density at radius 1 is 1.41 bits per heavy atom. The van der Waals surface area contributed by atoms with Crippen molar-refractivity contribution in [2.45, 2.75) is 32.7 Å².